The second kappa shape index (κ2) is 7.74. The highest BCUT2D eigenvalue weighted by Crippen LogP contribution is 2.42. The molecule has 3 aromatic rings. The summed E-state index contributed by atoms with van der Waals surface area (Å²) in [6.07, 6.45) is 1.78. The van der Waals surface area contributed by atoms with Crippen LogP contribution in [0.25, 0.3) is 10.8 Å². The molecule has 0 bridgehead atoms. The molecule has 1 aromatic heterocycles. The van der Waals surface area contributed by atoms with Gasteiger partial charge in [-0.3, -0.25) is 14.7 Å². The monoisotopic (exact) mass is 431 g/mol. The smallest absolute Gasteiger partial charge is 0.257 e. The van der Waals surface area contributed by atoms with Gasteiger partial charge in [-0.25, -0.2) is 0 Å². The predicted octanol–water partition coefficient (Wildman–Crippen LogP) is 3.73. The van der Waals surface area contributed by atoms with E-state index in [1.165, 1.54) is 0 Å². The average Bonchev–Trinajstić information content (AvgIpc) is 3.31. The van der Waals surface area contributed by atoms with Gasteiger partial charge in [-0.15, -0.1) is 0 Å². The number of aromatic nitrogens is 2. The van der Waals surface area contributed by atoms with E-state index in [9.17, 15) is 9.59 Å². The van der Waals surface area contributed by atoms with Gasteiger partial charge >= 0.3 is 0 Å². The van der Waals surface area contributed by atoms with E-state index in [0.717, 1.165) is 48.0 Å². The normalized spacial score (nSPS) is 18.7. The lowest BCUT2D eigenvalue weighted by atomic mass is 9.93. The largest absolute Gasteiger partial charge is 0.327 e. The summed E-state index contributed by atoms with van der Waals surface area (Å²) in [4.78, 5) is 30.7. The maximum Gasteiger partial charge on any atom is 0.257 e. The molecule has 5 rings (SSSR count). The Morgan fingerprint density at radius 1 is 1.09 bits per heavy atom. The van der Waals surface area contributed by atoms with Crippen molar-refractivity contribution < 1.29 is 9.59 Å². The van der Waals surface area contributed by atoms with Crippen LogP contribution in [0.1, 0.15) is 48.3 Å². The minimum absolute atomic E-state index is 0.0520. The fraction of sp³-hybridized carbons (Fsp3) is 0.400. The van der Waals surface area contributed by atoms with Crippen LogP contribution in [0.3, 0.4) is 0 Å². The number of nitrogens with zero attached hydrogens (tertiary/aromatic N) is 3. The summed E-state index contributed by atoms with van der Waals surface area (Å²) in [6, 6.07) is 13.5. The number of benzene rings is 2. The quantitative estimate of drug-likeness (QED) is 0.662. The molecular formula is C25H29N5O2. The van der Waals surface area contributed by atoms with E-state index in [1.54, 1.807) is 0 Å². The lowest BCUT2D eigenvalue weighted by Gasteiger charge is -2.37. The lowest BCUT2D eigenvalue weighted by Crippen LogP contribution is -2.46. The number of carbonyl (C=O) groups is 2. The third-order valence-corrected chi connectivity index (χ3v) is 7.07. The zero-order valence-electron chi connectivity index (χ0n) is 18.8. The maximum atomic E-state index is 13.4. The van der Waals surface area contributed by atoms with Gasteiger partial charge in [-0.05, 0) is 63.7 Å². The summed E-state index contributed by atoms with van der Waals surface area (Å²) in [5.41, 5.74) is 1.90. The van der Waals surface area contributed by atoms with Gasteiger partial charge in [0.15, 0.2) is 5.82 Å². The molecule has 0 atom stereocenters. The third-order valence-electron chi connectivity index (χ3n) is 7.07. The number of anilines is 1. The minimum Gasteiger partial charge on any atom is -0.327 e. The highest BCUT2D eigenvalue weighted by atomic mass is 16.2. The van der Waals surface area contributed by atoms with Crippen LogP contribution in [-0.4, -0.2) is 51.9 Å². The minimum atomic E-state index is -0.495. The first-order chi connectivity index (χ1) is 15.4. The number of fused-ring (bicyclic) bond motifs is 2. The van der Waals surface area contributed by atoms with Crippen molar-refractivity contribution in [2.75, 3.05) is 25.5 Å². The molecular weight excluding hydrogens is 402 g/mol. The van der Waals surface area contributed by atoms with Crippen molar-refractivity contribution in [2.45, 2.75) is 38.8 Å². The number of rotatable bonds is 3. The second-order valence-electron chi connectivity index (χ2n) is 9.47. The Morgan fingerprint density at radius 3 is 2.59 bits per heavy atom. The first-order valence-corrected chi connectivity index (χ1v) is 11.2. The molecule has 7 heteroatoms. The summed E-state index contributed by atoms with van der Waals surface area (Å²) < 4.78 is 0. The summed E-state index contributed by atoms with van der Waals surface area (Å²) in [6.45, 7) is 6.43. The van der Waals surface area contributed by atoms with Crippen LogP contribution in [0.5, 0.6) is 0 Å². The Bertz CT molecular complexity index is 1180. The van der Waals surface area contributed by atoms with Gasteiger partial charge in [0.2, 0.25) is 5.91 Å². The summed E-state index contributed by atoms with van der Waals surface area (Å²) in [5.74, 6) is 0.550. The van der Waals surface area contributed by atoms with Crippen LogP contribution in [0.4, 0.5) is 5.82 Å². The van der Waals surface area contributed by atoms with Crippen molar-refractivity contribution >= 4 is 28.4 Å². The van der Waals surface area contributed by atoms with E-state index in [2.05, 4.69) is 27.5 Å². The Morgan fingerprint density at radius 2 is 1.81 bits per heavy atom. The molecule has 1 saturated heterocycles. The molecule has 0 spiro atoms. The van der Waals surface area contributed by atoms with Crippen LogP contribution >= 0.6 is 0 Å². The van der Waals surface area contributed by atoms with Crippen molar-refractivity contribution in [1.29, 1.82) is 0 Å². The highest BCUT2D eigenvalue weighted by molar-refractivity contribution is 6.12. The molecule has 2 amide bonds. The van der Waals surface area contributed by atoms with Gasteiger partial charge in [0.25, 0.3) is 5.91 Å². The van der Waals surface area contributed by atoms with E-state index in [4.69, 9.17) is 0 Å². The fourth-order valence-electron chi connectivity index (χ4n) is 5.05. The summed E-state index contributed by atoms with van der Waals surface area (Å²) in [7, 11) is 2.10. The molecule has 2 aliphatic heterocycles. The van der Waals surface area contributed by atoms with Crippen molar-refractivity contribution in [2.24, 2.45) is 5.92 Å². The van der Waals surface area contributed by atoms with Crippen molar-refractivity contribution in [3.05, 3.63) is 59.3 Å². The van der Waals surface area contributed by atoms with Gasteiger partial charge in [0.05, 0.1) is 17.8 Å². The molecule has 7 nitrogen and oxygen atoms in total. The molecule has 2 aromatic carbocycles. The first-order valence-electron chi connectivity index (χ1n) is 11.2. The SMILES string of the molecule is CN1CCC(C(=O)N2Cc3c(NC(=O)c4cccc5ccccc45)n[nH]c3C2(C)C)CC1. The Hall–Kier alpha value is -3.19. The van der Waals surface area contributed by atoms with E-state index in [1.807, 2.05) is 61.2 Å². The first kappa shape index (κ1) is 20.7. The molecule has 2 aliphatic rings. The molecule has 1 fully saturated rings. The molecule has 2 N–H and O–H groups in total. The van der Waals surface area contributed by atoms with E-state index >= 15 is 0 Å². The van der Waals surface area contributed by atoms with E-state index in [0.29, 0.717) is 17.9 Å². The number of hydrogen-bond donors (Lipinski definition) is 2. The molecule has 0 radical (unpaired) electrons. The number of nitrogens with one attached hydrogen (secondary N) is 2. The van der Waals surface area contributed by atoms with Crippen molar-refractivity contribution in [3.8, 4) is 0 Å². The predicted molar refractivity (Wildman–Crippen MR) is 124 cm³/mol. The van der Waals surface area contributed by atoms with Crippen LogP contribution in [0, 0.1) is 5.92 Å². The van der Waals surface area contributed by atoms with Crippen molar-refractivity contribution in [3.63, 3.8) is 0 Å². The fourth-order valence-corrected chi connectivity index (χ4v) is 5.05. The molecule has 0 unspecified atom stereocenters. The molecule has 166 valence electrons. The zero-order valence-corrected chi connectivity index (χ0v) is 18.8. The number of aromatic amines is 1. The van der Waals surface area contributed by atoms with E-state index in [-0.39, 0.29) is 17.7 Å². The summed E-state index contributed by atoms with van der Waals surface area (Å²) >= 11 is 0. The Labute approximate surface area is 187 Å². The molecule has 3 heterocycles. The van der Waals surface area contributed by atoms with Gasteiger partial charge in [0.1, 0.15) is 0 Å². The number of likely N-dealkylation sites (tertiary alicyclic amines) is 1. The van der Waals surface area contributed by atoms with Crippen LogP contribution in [0.2, 0.25) is 0 Å². The molecule has 0 aliphatic carbocycles. The third kappa shape index (κ3) is 3.37. The van der Waals surface area contributed by atoms with Crippen molar-refractivity contribution in [1.82, 2.24) is 20.0 Å². The van der Waals surface area contributed by atoms with Gasteiger partial charge in [-0.1, -0.05) is 36.4 Å². The number of carbonyl (C=O) groups excluding carboxylic acids is 2. The number of H-pyrrole nitrogens is 1. The average molecular weight is 432 g/mol. The molecule has 32 heavy (non-hydrogen) atoms. The maximum absolute atomic E-state index is 13.4. The number of piperidine rings is 1. The Balaban J connectivity index is 1.39. The standard InChI is InChI=1S/C25H29N5O2/c1-25(2)21-20(15-30(25)24(32)17-11-13-29(3)14-12-17)22(28-27-21)26-23(31)19-10-6-8-16-7-4-5-9-18(16)19/h4-10,17H,11-15H2,1-3H3,(H2,26,27,28,31). The van der Waals surface area contributed by atoms with Gasteiger partial charge in [-0.2, -0.15) is 5.10 Å². The van der Waals surface area contributed by atoms with Crippen LogP contribution in [0.15, 0.2) is 42.5 Å². The van der Waals surface area contributed by atoms with Crippen LogP contribution in [-0.2, 0) is 16.9 Å². The van der Waals surface area contributed by atoms with Gasteiger partial charge in [0, 0.05) is 17.0 Å². The highest BCUT2D eigenvalue weighted by Gasteiger charge is 2.45. The molecule has 0 saturated carbocycles. The zero-order chi connectivity index (χ0) is 22.5. The van der Waals surface area contributed by atoms with E-state index < -0.39 is 5.54 Å². The number of amides is 2. The summed E-state index contributed by atoms with van der Waals surface area (Å²) in [5, 5.41) is 12.4. The number of hydrogen-bond acceptors (Lipinski definition) is 4. The van der Waals surface area contributed by atoms with Gasteiger partial charge < -0.3 is 15.1 Å². The van der Waals surface area contributed by atoms with Crippen LogP contribution < -0.4 is 5.32 Å². The Kier molecular flexibility index (Phi) is 5.01. The topological polar surface area (TPSA) is 81.3 Å². The second-order valence-corrected chi connectivity index (χ2v) is 9.47. The lowest BCUT2D eigenvalue weighted by molar-refractivity contribution is -0.142.